The lowest BCUT2D eigenvalue weighted by Crippen LogP contribution is -1.98. The molecule has 1 aromatic carbocycles. The van der Waals surface area contributed by atoms with Crippen LogP contribution in [0.25, 0.3) is 0 Å². The van der Waals surface area contributed by atoms with Gasteiger partial charge >= 0.3 is 5.97 Å². The highest BCUT2D eigenvalue weighted by Crippen LogP contribution is 2.10. The summed E-state index contributed by atoms with van der Waals surface area (Å²) in [5, 5.41) is 8.31. The average molecular weight is 208 g/mol. The SMILES string of the molecule is Cc1cc(C(=O)/C=C/C(=O)O)ccc1F. The summed E-state index contributed by atoms with van der Waals surface area (Å²) >= 11 is 0. The zero-order chi connectivity index (χ0) is 11.4. The van der Waals surface area contributed by atoms with Gasteiger partial charge in [0.2, 0.25) is 0 Å². The third-order valence-electron chi connectivity index (χ3n) is 1.82. The molecule has 0 saturated carbocycles. The molecule has 15 heavy (non-hydrogen) atoms. The van der Waals surface area contributed by atoms with Crippen molar-refractivity contribution >= 4 is 11.8 Å². The van der Waals surface area contributed by atoms with Crippen molar-refractivity contribution in [3.63, 3.8) is 0 Å². The fourth-order valence-electron chi connectivity index (χ4n) is 1.04. The van der Waals surface area contributed by atoms with E-state index in [2.05, 4.69) is 0 Å². The second-order valence-electron chi connectivity index (χ2n) is 3.00. The highest BCUT2D eigenvalue weighted by atomic mass is 19.1. The molecule has 4 heteroatoms. The number of aryl methyl sites for hydroxylation is 1. The van der Waals surface area contributed by atoms with Crippen molar-refractivity contribution in [2.75, 3.05) is 0 Å². The van der Waals surface area contributed by atoms with Gasteiger partial charge in [-0.05, 0) is 36.8 Å². The Morgan fingerprint density at radius 1 is 1.33 bits per heavy atom. The second kappa shape index (κ2) is 4.50. The highest BCUT2D eigenvalue weighted by molar-refractivity contribution is 6.06. The van der Waals surface area contributed by atoms with Crippen LogP contribution >= 0.6 is 0 Å². The first-order valence-corrected chi connectivity index (χ1v) is 4.22. The minimum atomic E-state index is -1.19. The molecule has 0 aromatic heterocycles. The highest BCUT2D eigenvalue weighted by Gasteiger charge is 2.04. The number of carboxylic acid groups (broad SMARTS) is 1. The number of hydrogen-bond acceptors (Lipinski definition) is 2. The van der Waals surface area contributed by atoms with E-state index < -0.39 is 17.6 Å². The van der Waals surface area contributed by atoms with Crippen molar-refractivity contribution in [3.8, 4) is 0 Å². The van der Waals surface area contributed by atoms with Gasteiger partial charge in [-0.3, -0.25) is 4.79 Å². The number of carbonyl (C=O) groups excluding carboxylic acids is 1. The summed E-state index contributed by atoms with van der Waals surface area (Å²) in [6.07, 6.45) is 1.69. The molecule has 0 aliphatic carbocycles. The van der Waals surface area contributed by atoms with Crippen molar-refractivity contribution in [2.24, 2.45) is 0 Å². The van der Waals surface area contributed by atoms with Gasteiger partial charge in [0.05, 0.1) is 0 Å². The van der Waals surface area contributed by atoms with Crippen LogP contribution in [0.15, 0.2) is 30.4 Å². The van der Waals surface area contributed by atoms with E-state index in [1.807, 2.05) is 0 Å². The zero-order valence-corrected chi connectivity index (χ0v) is 8.03. The van der Waals surface area contributed by atoms with Crippen molar-refractivity contribution in [2.45, 2.75) is 6.92 Å². The van der Waals surface area contributed by atoms with E-state index in [4.69, 9.17) is 5.11 Å². The number of allylic oxidation sites excluding steroid dienone is 1. The Kier molecular flexibility index (Phi) is 3.33. The maximum absolute atomic E-state index is 12.9. The van der Waals surface area contributed by atoms with Gasteiger partial charge in [-0.1, -0.05) is 0 Å². The number of rotatable bonds is 3. The van der Waals surface area contributed by atoms with E-state index in [9.17, 15) is 14.0 Å². The topological polar surface area (TPSA) is 54.4 Å². The fraction of sp³-hybridized carbons (Fsp3) is 0.0909. The van der Waals surface area contributed by atoms with Crippen LogP contribution in [0.5, 0.6) is 0 Å². The summed E-state index contributed by atoms with van der Waals surface area (Å²) in [7, 11) is 0. The minimum absolute atomic E-state index is 0.270. The van der Waals surface area contributed by atoms with Crippen LogP contribution in [0, 0.1) is 12.7 Å². The van der Waals surface area contributed by atoms with Crippen molar-refractivity contribution in [1.29, 1.82) is 0 Å². The molecular formula is C11H9FO3. The molecule has 0 fully saturated rings. The maximum atomic E-state index is 12.9. The Morgan fingerprint density at radius 3 is 2.53 bits per heavy atom. The summed E-state index contributed by atoms with van der Waals surface area (Å²) in [5.74, 6) is -2.04. The molecule has 1 aromatic rings. The summed E-state index contributed by atoms with van der Waals surface area (Å²) in [6.45, 7) is 1.53. The van der Waals surface area contributed by atoms with Crippen LogP contribution < -0.4 is 0 Å². The molecule has 0 atom stereocenters. The van der Waals surface area contributed by atoms with E-state index in [0.717, 1.165) is 12.2 Å². The van der Waals surface area contributed by atoms with Gasteiger partial charge in [-0.25, -0.2) is 9.18 Å². The van der Waals surface area contributed by atoms with E-state index in [1.54, 1.807) is 0 Å². The monoisotopic (exact) mass is 208 g/mol. The van der Waals surface area contributed by atoms with Crippen LogP contribution in [0.4, 0.5) is 4.39 Å². The predicted octanol–water partition coefficient (Wildman–Crippen LogP) is 1.96. The lowest BCUT2D eigenvalue weighted by molar-refractivity contribution is -0.131. The maximum Gasteiger partial charge on any atom is 0.328 e. The van der Waals surface area contributed by atoms with Crippen molar-refractivity contribution in [3.05, 3.63) is 47.3 Å². The molecule has 0 heterocycles. The number of halogens is 1. The molecular weight excluding hydrogens is 199 g/mol. The summed E-state index contributed by atoms with van der Waals surface area (Å²) in [4.78, 5) is 21.5. The normalized spacial score (nSPS) is 10.5. The summed E-state index contributed by atoms with van der Waals surface area (Å²) in [6, 6.07) is 3.87. The molecule has 0 aliphatic rings. The van der Waals surface area contributed by atoms with E-state index in [1.165, 1.54) is 25.1 Å². The molecule has 0 aliphatic heterocycles. The summed E-state index contributed by atoms with van der Waals surface area (Å²) < 4.78 is 12.9. The molecule has 0 saturated heterocycles. The molecule has 0 radical (unpaired) electrons. The number of carboxylic acids is 1. The lowest BCUT2D eigenvalue weighted by Gasteiger charge is -1.98. The first-order chi connectivity index (χ1) is 7.00. The first-order valence-electron chi connectivity index (χ1n) is 4.22. The molecule has 0 unspecified atom stereocenters. The molecule has 1 rings (SSSR count). The largest absolute Gasteiger partial charge is 0.478 e. The standard InChI is InChI=1S/C11H9FO3/c1-7-6-8(2-3-9(7)12)10(13)4-5-11(14)15/h2-6H,1H3,(H,14,15)/b5-4+. The Morgan fingerprint density at radius 2 is 2.00 bits per heavy atom. The quantitative estimate of drug-likeness (QED) is 0.610. The smallest absolute Gasteiger partial charge is 0.328 e. The molecule has 0 amide bonds. The van der Waals surface area contributed by atoms with Crippen molar-refractivity contribution < 1.29 is 19.1 Å². The minimum Gasteiger partial charge on any atom is -0.478 e. The molecule has 78 valence electrons. The van der Waals surface area contributed by atoms with Crippen LogP contribution in [-0.4, -0.2) is 16.9 Å². The van der Waals surface area contributed by atoms with Crippen molar-refractivity contribution in [1.82, 2.24) is 0 Å². The van der Waals surface area contributed by atoms with Gasteiger partial charge in [0.25, 0.3) is 0 Å². The van der Waals surface area contributed by atoms with Gasteiger partial charge in [-0.2, -0.15) is 0 Å². The fourth-order valence-corrected chi connectivity index (χ4v) is 1.04. The number of carbonyl (C=O) groups is 2. The second-order valence-corrected chi connectivity index (χ2v) is 3.00. The lowest BCUT2D eigenvalue weighted by atomic mass is 10.1. The third-order valence-corrected chi connectivity index (χ3v) is 1.82. The van der Waals surface area contributed by atoms with Crippen LogP contribution in [0.2, 0.25) is 0 Å². The first kappa shape index (κ1) is 11.1. The average Bonchev–Trinajstić information content (AvgIpc) is 2.18. The van der Waals surface area contributed by atoms with Gasteiger partial charge in [-0.15, -0.1) is 0 Å². The van der Waals surface area contributed by atoms with E-state index >= 15 is 0 Å². The predicted molar refractivity (Wildman–Crippen MR) is 52.2 cm³/mol. The molecule has 0 spiro atoms. The van der Waals surface area contributed by atoms with Gasteiger partial charge in [0.1, 0.15) is 5.82 Å². The number of benzene rings is 1. The van der Waals surface area contributed by atoms with Gasteiger partial charge in [0.15, 0.2) is 5.78 Å². The summed E-state index contributed by atoms with van der Waals surface area (Å²) in [5.41, 5.74) is 0.621. The Labute approximate surface area is 85.8 Å². The van der Waals surface area contributed by atoms with Crippen LogP contribution in [-0.2, 0) is 4.79 Å². The Hall–Kier alpha value is -1.97. The van der Waals surface area contributed by atoms with Crippen LogP contribution in [0.3, 0.4) is 0 Å². The molecule has 1 N–H and O–H groups in total. The van der Waals surface area contributed by atoms with Gasteiger partial charge in [0, 0.05) is 11.6 Å². The number of aliphatic carboxylic acids is 1. The van der Waals surface area contributed by atoms with Crippen LogP contribution in [0.1, 0.15) is 15.9 Å². The molecule has 3 nitrogen and oxygen atoms in total. The number of ketones is 1. The Balaban J connectivity index is 2.92. The zero-order valence-electron chi connectivity index (χ0n) is 8.03. The Bertz CT molecular complexity index is 435. The van der Waals surface area contributed by atoms with Gasteiger partial charge < -0.3 is 5.11 Å². The third kappa shape index (κ3) is 3.02. The van der Waals surface area contributed by atoms with E-state index in [0.29, 0.717) is 5.56 Å². The van der Waals surface area contributed by atoms with E-state index in [-0.39, 0.29) is 5.56 Å². The molecule has 0 bridgehead atoms. The number of hydrogen-bond donors (Lipinski definition) is 1.